The van der Waals surface area contributed by atoms with E-state index in [-0.39, 0.29) is 5.82 Å². The predicted molar refractivity (Wildman–Crippen MR) is 84.3 cm³/mol. The number of nitrogens with zero attached hydrogens (tertiary/aromatic N) is 1. The third-order valence-corrected chi connectivity index (χ3v) is 3.54. The first-order chi connectivity index (χ1) is 9.71. The fraction of sp³-hybridized carbons (Fsp3) is 0.647. The molecule has 0 aliphatic rings. The maximum Gasteiger partial charge on any atom is 0.127 e. The van der Waals surface area contributed by atoms with Gasteiger partial charge >= 0.3 is 0 Å². The summed E-state index contributed by atoms with van der Waals surface area (Å²) in [6.45, 7) is 11.0. The third-order valence-electron chi connectivity index (χ3n) is 3.54. The number of hydrogen-bond donors (Lipinski definition) is 1. The van der Waals surface area contributed by atoms with Gasteiger partial charge in [0, 0.05) is 18.7 Å². The summed E-state index contributed by atoms with van der Waals surface area (Å²) in [5.74, 6) is -0.0841. The number of unbranched alkanes of at least 4 members (excludes halogenated alkanes) is 1. The molecule has 0 aliphatic heterocycles. The molecule has 1 aromatic rings. The van der Waals surface area contributed by atoms with Gasteiger partial charge in [0.25, 0.3) is 0 Å². The van der Waals surface area contributed by atoms with Crippen molar-refractivity contribution < 1.29 is 4.39 Å². The lowest BCUT2D eigenvalue weighted by Gasteiger charge is -2.21. The fourth-order valence-electron chi connectivity index (χ4n) is 2.24. The Bertz CT molecular complexity index is 379. The molecule has 0 heterocycles. The minimum absolute atomic E-state index is 0.0841. The van der Waals surface area contributed by atoms with Crippen LogP contribution >= 0.6 is 0 Å². The number of halogens is 1. The van der Waals surface area contributed by atoms with Gasteiger partial charge < -0.3 is 5.32 Å². The number of benzene rings is 1. The van der Waals surface area contributed by atoms with Crippen LogP contribution in [0.5, 0.6) is 0 Å². The Balaban J connectivity index is 2.64. The molecule has 2 nitrogen and oxygen atoms in total. The Kier molecular flexibility index (Phi) is 8.47. The molecule has 20 heavy (non-hydrogen) atoms. The molecular formula is C17H29FN2. The quantitative estimate of drug-likeness (QED) is 0.653. The van der Waals surface area contributed by atoms with Crippen molar-refractivity contribution in [2.75, 3.05) is 19.6 Å². The SMILES string of the molecule is CCCCN(CC)Cc1cc(CNCCC)ccc1F. The molecule has 0 radical (unpaired) electrons. The van der Waals surface area contributed by atoms with Crippen LogP contribution in [0.4, 0.5) is 4.39 Å². The average Bonchev–Trinajstić information content (AvgIpc) is 2.46. The summed E-state index contributed by atoms with van der Waals surface area (Å²) in [6.07, 6.45) is 3.47. The Labute approximate surface area is 123 Å². The van der Waals surface area contributed by atoms with Crippen molar-refractivity contribution in [2.24, 2.45) is 0 Å². The third kappa shape index (κ3) is 6.02. The van der Waals surface area contributed by atoms with Gasteiger partial charge in [0.15, 0.2) is 0 Å². The highest BCUT2D eigenvalue weighted by molar-refractivity contribution is 5.25. The highest BCUT2D eigenvalue weighted by Crippen LogP contribution is 2.14. The molecular weight excluding hydrogens is 251 g/mol. The highest BCUT2D eigenvalue weighted by Gasteiger charge is 2.08. The molecule has 1 N–H and O–H groups in total. The summed E-state index contributed by atoms with van der Waals surface area (Å²) in [5, 5.41) is 3.36. The molecule has 1 aromatic carbocycles. The van der Waals surface area contributed by atoms with Crippen molar-refractivity contribution in [3.05, 3.63) is 35.1 Å². The summed E-state index contributed by atoms with van der Waals surface area (Å²) in [6, 6.07) is 5.49. The van der Waals surface area contributed by atoms with E-state index in [2.05, 4.69) is 31.0 Å². The van der Waals surface area contributed by atoms with Gasteiger partial charge in [-0.1, -0.05) is 39.3 Å². The Morgan fingerprint density at radius 2 is 1.95 bits per heavy atom. The second-order valence-electron chi connectivity index (χ2n) is 5.32. The zero-order valence-corrected chi connectivity index (χ0v) is 13.2. The van der Waals surface area contributed by atoms with Crippen molar-refractivity contribution in [1.29, 1.82) is 0 Å². The van der Waals surface area contributed by atoms with E-state index in [4.69, 9.17) is 0 Å². The second-order valence-corrected chi connectivity index (χ2v) is 5.32. The minimum Gasteiger partial charge on any atom is -0.313 e. The number of nitrogens with one attached hydrogen (secondary N) is 1. The standard InChI is InChI=1S/C17H29FN2/c1-4-7-11-20(6-3)14-16-12-15(8-9-17(16)18)13-19-10-5-2/h8-9,12,19H,4-7,10-11,13-14H2,1-3H3. The van der Waals surface area contributed by atoms with Gasteiger partial charge in [-0.3, -0.25) is 4.90 Å². The van der Waals surface area contributed by atoms with Crippen molar-refractivity contribution in [2.45, 2.75) is 53.1 Å². The lowest BCUT2D eigenvalue weighted by Crippen LogP contribution is -2.24. The van der Waals surface area contributed by atoms with Crippen LogP contribution in [0.3, 0.4) is 0 Å². The monoisotopic (exact) mass is 280 g/mol. The molecule has 0 spiro atoms. The van der Waals surface area contributed by atoms with Gasteiger partial charge in [0.2, 0.25) is 0 Å². The zero-order chi connectivity index (χ0) is 14.8. The van der Waals surface area contributed by atoms with E-state index < -0.39 is 0 Å². The molecule has 0 amide bonds. The van der Waals surface area contributed by atoms with Crippen LogP contribution in [0.2, 0.25) is 0 Å². The Morgan fingerprint density at radius 3 is 2.60 bits per heavy atom. The summed E-state index contributed by atoms with van der Waals surface area (Å²) in [4.78, 5) is 2.31. The summed E-state index contributed by atoms with van der Waals surface area (Å²) in [7, 11) is 0. The average molecular weight is 280 g/mol. The van der Waals surface area contributed by atoms with E-state index in [9.17, 15) is 4.39 Å². The number of rotatable bonds is 10. The van der Waals surface area contributed by atoms with Crippen molar-refractivity contribution in [3.63, 3.8) is 0 Å². The molecule has 1 rings (SSSR count). The molecule has 114 valence electrons. The van der Waals surface area contributed by atoms with E-state index in [1.165, 1.54) is 18.4 Å². The second kappa shape index (κ2) is 9.89. The van der Waals surface area contributed by atoms with Crippen LogP contribution in [-0.2, 0) is 13.1 Å². The number of hydrogen-bond acceptors (Lipinski definition) is 2. The van der Waals surface area contributed by atoms with E-state index >= 15 is 0 Å². The smallest absolute Gasteiger partial charge is 0.127 e. The molecule has 0 unspecified atom stereocenters. The van der Waals surface area contributed by atoms with Crippen LogP contribution < -0.4 is 5.32 Å². The van der Waals surface area contributed by atoms with Gasteiger partial charge in [-0.25, -0.2) is 4.39 Å². The van der Waals surface area contributed by atoms with Gasteiger partial charge in [-0.15, -0.1) is 0 Å². The van der Waals surface area contributed by atoms with E-state index in [0.717, 1.165) is 38.2 Å². The maximum atomic E-state index is 13.9. The molecule has 0 saturated heterocycles. The van der Waals surface area contributed by atoms with E-state index in [0.29, 0.717) is 6.54 Å². The fourth-order valence-corrected chi connectivity index (χ4v) is 2.24. The summed E-state index contributed by atoms with van der Waals surface area (Å²) < 4.78 is 13.9. The van der Waals surface area contributed by atoms with Gasteiger partial charge in [0.1, 0.15) is 5.82 Å². The minimum atomic E-state index is -0.0841. The summed E-state index contributed by atoms with van der Waals surface area (Å²) in [5.41, 5.74) is 1.99. The first-order valence-corrected chi connectivity index (χ1v) is 7.91. The predicted octanol–water partition coefficient (Wildman–Crippen LogP) is 3.95. The maximum absolute atomic E-state index is 13.9. The van der Waals surface area contributed by atoms with Crippen molar-refractivity contribution in [3.8, 4) is 0 Å². The van der Waals surface area contributed by atoms with Crippen LogP contribution in [0.25, 0.3) is 0 Å². The van der Waals surface area contributed by atoms with Crippen molar-refractivity contribution in [1.82, 2.24) is 10.2 Å². The van der Waals surface area contributed by atoms with Crippen LogP contribution in [-0.4, -0.2) is 24.5 Å². The molecule has 0 bridgehead atoms. The lowest BCUT2D eigenvalue weighted by molar-refractivity contribution is 0.271. The van der Waals surface area contributed by atoms with Gasteiger partial charge in [0.05, 0.1) is 0 Å². The van der Waals surface area contributed by atoms with E-state index in [1.807, 2.05) is 12.1 Å². The van der Waals surface area contributed by atoms with Crippen LogP contribution in [0.1, 0.15) is 51.2 Å². The molecule has 0 atom stereocenters. The topological polar surface area (TPSA) is 15.3 Å². The van der Waals surface area contributed by atoms with Crippen LogP contribution in [0, 0.1) is 5.82 Å². The molecule has 0 fully saturated rings. The van der Waals surface area contributed by atoms with Gasteiger partial charge in [-0.05, 0) is 44.1 Å². The largest absolute Gasteiger partial charge is 0.313 e. The summed E-state index contributed by atoms with van der Waals surface area (Å²) >= 11 is 0. The Hall–Kier alpha value is -0.930. The zero-order valence-electron chi connectivity index (χ0n) is 13.2. The van der Waals surface area contributed by atoms with Crippen LogP contribution in [0.15, 0.2) is 18.2 Å². The highest BCUT2D eigenvalue weighted by atomic mass is 19.1. The van der Waals surface area contributed by atoms with Gasteiger partial charge in [-0.2, -0.15) is 0 Å². The first kappa shape index (κ1) is 17.1. The van der Waals surface area contributed by atoms with E-state index in [1.54, 1.807) is 6.07 Å². The molecule has 0 aliphatic carbocycles. The normalized spacial score (nSPS) is 11.2. The molecule has 0 saturated carbocycles. The Morgan fingerprint density at radius 1 is 1.15 bits per heavy atom. The molecule has 3 heteroatoms. The molecule has 0 aromatic heterocycles. The van der Waals surface area contributed by atoms with Crippen molar-refractivity contribution >= 4 is 0 Å². The lowest BCUT2D eigenvalue weighted by atomic mass is 10.1. The first-order valence-electron chi connectivity index (χ1n) is 7.91.